The van der Waals surface area contributed by atoms with Crippen LogP contribution in [0.2, 0.25) is 0 Å². The van der Waals surface area contributed by atoms with E-state index in [-0.39, 0.29) is 26.9 Å². The number of aliphatic imine (C=N–C) groups is 1. The van der Waals surface area contributed by atoms with Crippen LogP contribution in [0.25, 0.3) is 0 Å². The maximum atomic E-state index is 12.6. The monoisotopic (exact) mass is 347 g/mol. The smallest absolute Gasteiger partial charge is 0.270 e. The van der Waals surface area contributed by atoms with E-state index in [0.717, 1.165) is 24.3 Å². The zero-order valence-electron chi connectivity index (χ0n) is 11.5. The first-order valence-electron chi connectivity index (χ1n) is 6.25. The average Bonchev–Trinajstić information content (AvgIpc) is 2.53. The van der Waals surface area contributed by atoms with Crippen LogP contribution < -0.4 is 5.11 Å². The second-order valence-corrected chi connectivity index (χ2v) is 6.09. The number of nitro benzene ring substituents is 1. The minimum absolute atomic E-state index is 0.0264. The third-order valence-corrected chi connectivity index (χ3v) is 4.71. The molecule has 1 aromatic carbocycles. The molecule has 0 saturated heterocycles. The summed E-state index contributed by atoms with van der Waals surface area (Å²) in [4.78, 5) is 24.3. The van der Waals surface area contributed by atoms with Gasteiger partial charge in [0, 0.05) is 29.9 Å². The number of carbonyl (C=O) groups excluding carboxylic acids is 1. The van der Waals surface area contributed by atoms with Crippen molar-refractivity contribution in [2.75, 3.05) is 0 Å². The first kappa shape index (κ1) is 15.6. The van der Waals surface area contributed by atoms with Gasteiger partial charge in [0.2, 0.25) is 5.71 Å². The van der Waals surface area contributed by atoms with Crippen LogP contribution in [0, 0.1) is 20.5 Å². The summed E-state index contributed by atoms with van der Waals surface area (Å²) in [5, 5.41) is 43.9. The Balaban J connectivity index is 2.27. The molecule has 24 heavy (non-hydrogen) atoms. The van der Waals surface area contributed by atoms with Crippen molar-refractivity contribution in [3.63, 3.8) is 0 Å². The van der Waals surface area contributed by atoms with Crippen molar-refractivity contribution in [2.24, 2.45) is 4.99 Å². The normalized spacial score (nSPS) is 18.6. The van der Waals surface area contributed by atoms with Gasteiger partial charge in [-0.15, -0.1) is 0 Å². The molecule has 1 aliphatic heterocycles. The van der Waals surface area contributed by atoms with Crippen molar-refractivity contribution >= 4 is 39.6 Å². The summed E-state index contributed by atoms with van der Waals surface area (Å²) in [7, 11) is -2.06. The van der Waals surface area contributed by atoms with E-state index in [2.05, 4.69) is 4.99 Å². The maximum Gasteiger partial charge on any atom is 0.270 e. The lowest BCUT2D eigenvalue weighted by molar-refractivity contribution is -0.385. The van der Waals surface area contributed by atoms with Crippen LogP contribution in [0.5, 0.6) is 0 Å². The number of carboxylic acids is 1. The summed E-state index contributed by atoms with van der Waals surface area (Å²) in [6.45, 7) is 0. The summed E-state index contributed by atoms with van der Waals surface area (Å²) in [6.07, 6.45) is 1.70. The highest BCUT2D eigenvalue weighted by atomic mass is 32.2. The van der Waals surface area contributed by atoms with E-state index in [1.54, 1.807) is 0 Å². The third kappa shape index (κ3) is 2.36. The first-order valence-corrected chi connectivity index (χ1v) is 7.40. The Bertz CT molecular complexity index is 954. The molecule has 0 spiro atoms. The van der Waals surface area contributed by atoms with E-state index in [9.17, 15) is 34.6 Å². The Morgan fingerprint density at radius 1 is 1.17 bits per heavy atom. The van der Waals surface area contributed by atoms with Crippen LogP contribution in [-0.2, 0) is 15.6 Å². The van der Waals surface area contributed by atoms with Gasteiger partial charge in [0.15, 0.2) is 0 Å². The summed E-state index contributed by atoms with van der Waals surface area (Å²) < 4.78 is 12.6. The number of hydrogen-bond acceptors (Lipinski definition) is 8. The highest BCUT2D eigenvalue weighted by Gasteiger charge is 2.32. The standard InChI is InChI=1S/C13H6N3O7S/c17-13(18)8-3-7(16(21)22)5-11-12(8)14-9-2-1-6(15(19)20)4-10(9)24(11)23/h1-5H,(H-,14,17,18,21,22)/q-1/p-1. The zero-order valence-corrected chi connectivity index (χ0v) is 12.3. The SMILES string of the molecule is O=C([O-])C1=CC(=[N+]([O-])[O-])C=C2C1=Nc1ccc([N+](=O)[O-])cc1S2=O. The maximum absolute atomic E-state index is 12.6. The van der Waals surface area contributed by atoms with Gasteiger partial charge in [0.25, 0.3) is 5.69 Å². The highest BCUT2D eigenvalue weighted by molar-refractivity contribution is 7.90. The van der Waals surface area contributed by atoms with E-state index < -0.39 is 37.9 Å². The number of fused-ring (bicyclic) bond motifs is 2. The third-order valence-electron chi connectivity index (χ3n) is 3.28. The van der Waals surface area contributed by atoms with Crippen molar-refractivity contribution in [1.29, 1.82) is 0 Å². The molecule has 122 valence electrons. The molecule has 0 aromatic heterocycles. The lowest BCUT2D eigenvalue weighted by Gasteiger charge is -2.23. The van der Waals surface area contributed by atoms with Gasteiger partial charge in [0.1, 0.15) is 0 Å². The Morgan fingerprint density at radius 3 is 2.46 bits per heavy atom. The number of nitro groups is 1. The Hall–Kier alpha value is -3.34. The molecule has 0 fully saturated rings. The van der Waals surface area contributed by atoms with Crippen LogP contribution in [0.1, 0.15) is 0 Å². The number of carbonyl (C=O) groups is 1. The summed E-state index contributed by atoms with van der Waals surface area (Å²) in [6, 6.07) is 3.40. The van der Waals surface area contributed by atoms with Gasteiger partial charge >= 0.3 is 0 Å². The highest BCUT2D eigenvalue weighted by Crippen LogP contribution is 2.37. The van der Waals surface area contributed by atoms with Gasteiger partial charge < -0.3 is 20.3 Å². The molecule has 1 aliphatic carbocycles. The van der Waals surface area contributed by atoms with Gasteiger partial charge in [-0.25, -0.2) is 9.20 Å². The number of allylic oxidation sites excluding steroid dienone is 3. The number of non-ortho nitro benzene ring substituents is 1. The van der Waals surface area contributed by atoms with E-state index in [1.165, 1.54) is 6.07 Å². The average molecular weight is 347 g/mol. The minimum Gasteiger partial charge on any atom is -0.612 e. The molecule has 1 heterocycles. The van der Waals surface area contributed by atoms with Crippen molar-refractivity contribution in [3.8, 4) is 0 Å². The van der Waals surface area contributed by atoms with Gasteiger partial charge in [-0.05, 0) is 6.07 Å². The predicted octanol–water partition coefficient (Wildman–Crippen LogP) is -0.189. The van der Waals surface area contributed by atoms with E-state index in [0.29, 0.717) is 0 Å². The molecule has 0 amide bonds. The van der Waals surface area contributed by atoms with Crippen LogP contribution in [-0.4, -0.2) is 31.4 Å². The number of benzene rings is 1. The summed E-state index contributed by atoms with van der Waals surface area (Å²) in [5.41, 5.74) is -1.63. The number of carboxylic acid groups (broad SMARTS) is 1. The largest absolute Gasteiger partial charge is 0.612 e. The zero-order chi connectivity index (χ0) is 17.6. The number of rotatable bonds is 2. The van der Waals surface area contributed by atoms with Gasteiger partial charge in [0.05, 0.1) is 42.9 Å². The molecule has 0 saturated carbocycles. The van der Waals surface area contributed by atoms with Crippen LogP contribution >= 0.6 is 0 Å². The summed E-state index contributed by atoms with van der Waals surface area (Å²) in [5.74, 6) is -1.71. The fraction of sp³-hybridized carbons (Fsp3) is 0. The topological polar surface area (TPSA) is 162 Å². The second-order valence-electron chi connectivity index (χ2n) is 4.67. The minimum atomic E-state index is -2.06. The van der Waals surface area contributed by atoms with Gasteiger partial charge in [-0.2, -0.15) is 4.90 Å². The molecule has 3 rings (SSSR count). The van der Waals surface area contributed by atoms with E-state index in [1.807, 2.05) is 0 Å². The van der Waals surface area contributed by atoms with Crippen LogP contribution in [0.3, 0.4) is 0 Å². The molecule has 1 aromatic rings. The molecule has 0 bridgehead atoms. The molecule has 10 nitrogen and oxygen atoms in total. The lowest BCUT2D eigenvalue weighted by atomic mass is 10.0. The molecule has 11 heteroatoms. The van der Waals surface area contributed by atoms with E-state index in [4.69, 9.17) is 0 Å². The molecule has 1 atom stereocenters. The molecule has 0 N–H and O–H groups in total. The van der Waals surface area contributed by atoms with Crippen molar-refractivity contribution in [3.05, 3.63) is 61.4 Å². The number of nitrogens with zero attached hydrogens (tertiary/aromatic N) is 3. The Kier molecular flexibility index (Phi) is 3.49. The Labute approximate surface area is 135 Å². The molecular formula is C13H5N3O7S-2. The van der Waals surface area contributed by atoms with Crippen molar-refractivity contribution < 1.29 is 23.9 Å². The second kappa shape index (κ2) is 5.38. The first-order chi connectivity index (χ1) is 11.3. The number of aliphatic carboxylic acids is 1. The van der Waals surface area contributed by atoms with Crippen molar-refractivity contribution in [2.45, 2.75) is 4.90 Å². The van der Waals surface area contributed by atoms with Crippen molar-refractivity contribution in [1.82, 2.24) is 0 Å². The van der Waals surface area contributed by atoms with Crippen LogP contribution in [0.15, 0.2) is 50.7 Å². The van der Waals surface area contributed by atoms with Crippen LogP contribution in [0.4, 0.5) is 11.4 Å². The van der Waals surface area contributed by atoms with Gasteiger partial charge in [-0.3, -0.25) is 10.1 Å². The quantitative estimate of drug-likeness (QED) is 0.310. The lowest BCUT2D eigenvalue weighted by Crippen LogP contribution is -2.34. The van der Waals surface area contributed by atoms with E-state index >= 15 is 0 Å². The predicted molar refractivity (Wildman–Crippen MR) is 79.8 cm³/mol. The fourth-order valence-electron chi connectivity index (χ4n) is 2.21. The fourth-order valence-corrected chi connectivity index (χ4v) is 3.53. The molecule has 0 radical (unpaired) electrons. The molecule has 1 unspecified atom stereocenters. The number of hydrogen-bond donors (Lipinski definition) is 0. The molecule has 2 aliphatic rings. The summed E-state index contributed by atoms with van der Waals surface area (Å²) >= 11 is 0. The molecular weight excluding hydrogens is 342 g/mol. The Morgan fingerprint density at radius 2 is 1.88 bits per heavy atom. The van der Waals surface area contributed by atoms with Gasteiger partial charge in [-0.1, -0.05) is 0 Å².